The lowest BCUT2D eigenvalue weighted by atomic mass is 10.00. The molecule has 1 heterocycles. The summed E-state index contributed by atoms with van der Waals surface area (Å²) < 4.78 is 7.69. The molecule has 0 bridgehead atoms. The van der Waals surface area contributed by atoms with Gasteiger partial charge in [0.05, 0.1) is 22.9 Å². The Labute approximate surface area is 247 Å². The Morgan fingerprint density at radius 1 is 1.05 bits per heavy atom. The van der Waals surface area contributed by atoms with E-state index in [4.69, 9.17) is 21.3 Å². The number of nitrogens with one attached hydrogen (secondary N) is 2. The van der Waals surface area contributed by atoms with E-state index < -0.39 is 6.04 Å². The highest BCUT2D eigenvalue weighted by Gasteiger charge is 2.21. The van der Waals surface area contributed by atoms with Crippen LogP contribution in [0.15, 0.2) is 48.7 Å². The fourth-order valence-corrected chi connectivity index (χ4v) is 4.69. The van der Waals surface area contributed by atoms with Crippen molar-refractivity contribution in [2.75, 3.05) is 14.1 Å². The molecule has 3 rings (SSSR count). The van der Waals surface area contributed by atoms with Gasteiger partial charge in [0, 0.05) is 57.4 Å². The molecular formula is C31H40ClN5O4. The molecule has 9 nitrogen and oxygen atoms in total. The Bertz CT molecular complexity index is 1370. The minimum absolute atomic E-state index is 0.0447. The summed E-state index contributed by atoms with van der Waals surface area (Å²) in [6.07, 6.45) is 2.54. The second kappa shape index (κ2) is 14.2. The van der Waals surface area contributed by atoms with Crippen LogP contribution in [-0.2, 0) is 22.6 Å². The molecule has 0 aliphatic carbocycles. The number of hydrogen-bond donors (Lipinski definition) is 2. The van der Waals surface area contributed by atoms with Crippen LogP contribution in [0.2, 0.25) is 5.02 Å². The van der Waals surface area contributed by atoms with Gasteiger partial charge >= 0.3 is 0 Å². The Morgan fingerprint density at radius 3 is 2.29 bits per heavy atom. The first-order valence-corrected chi connectivity index (χ1v) is 14.2. The molecule has 2 atom stereocenters. The highest BCUT2D eigenvalue weighted by Crippen LogP contribution is 2.27. The Balaban J connectivity index is 1.78. The zero-order valence-corrected chi connectivity index (χ0v) is 25.6. The van der Waals surface area contributed by atoms with Crippen molar-refractivity contribution in [2.45, 2.75) is 72.2 Å². The summed E-state index contributed by atoms with van der Waals surface area (Å²) in [5, 5.41) is 6.25. The monoisotopic (exact) mass is 581 g/mol. The van der Waals surface area contributed by atoms with Crippen molar-refractivity contribution in [3.63, 3.8) is 0 Å². The molecule has 0 fully saturated rings. The molecule has 0 saturated heterocycles. The number of benzene rings is 2. The van der Waals surface area contributed by atoms with Gasteiger partial charge in [0.1, 0.15) is 11.6 Å². The summed E-state index contributed by atoms with van der Waals surface area (Å²) in [6, 6.07) is 12.2. The Kier molecular flexibility index (Phi) is 10.9. The van der Waals surface area contributed by atoms with E-state index in [0.29, 0.717) is 22.8 Å². The van der Waals surface area contributed by atoms with Crippen LogP contribution in [-0.4, -0.2) is 58.4 Å². The van der Waals surface area contributed by atoms with Crippen LogP contribution in [0, 0.1) is 0 Å². The number of ether oxygens (including phenoxy) is 1. The summed E-state index contributed by atoms with van der Waals surface area (Å²) in [5.74, 6) is 0.788. The number of carbonyl (C=O) groups excluding carboxylic acids is 3. The van der Waals surface area contributed by atoms with Gasteiger partial charge in [-0.1, -0.05) is 35.9 Å². The molecule has 41 heavy (non-hydrogen) atoms. The van der Waals surface area contributed by atoms with Gasteiger partial charge in [0.25, 0.3) is 5.91 Å². The molecule has 0 aliphatic heterocycles. The maximum atomic E-state index is 13.1. The van der Waals surface area contributed by atoms with Crippen molar-refractivity contribution in [3.8, 4) is 17.0 Å². The number of amides is 3. The van der Waals surface area contributed by atoms with Gasteiger partial charge in [-0.15, -0.1) is 0 Å². The second-order valence-corrected chi connectivity index (χ2v) is 11.0. The van der Waals surface area contributed by atoms with Gasteiger partial charge in [-0.25, -0.2) is 4.98 Å². The lowest BCUT2D eigenvalue weighted by molar-refractivity contribution is -0.129. The maximum absolute atomic E-state index is 13.1. The van der Waals surface area contributed by atoms with Gasteiger partial charge in [-0.05, 0) is 57.9 Å². The average molecular weight is 582 g/mol. The van der Waals surface area contributed by atoms with Crippen LogP contribution in [0.1, 0.15) is 68.8 Å². The molecule has 3 aromatic rings. The minimum Gasteiger partial charge on any atom is -0.489 e. The van der Waals surface area contributed by atoms with E-state index in [2.05, 4.69) is 10.6 Å². The zero-order chi connectivity index (χ0) is 30.3. The summed E-state index contributed by atoms with van der Waals surface area (Å²) >= 11 is 6.34. The normalized spacial score (nSPS) is 12.5. The van der Waals surface area contributed by atoms with E-state index in [1.54, 1.807) is 32.3 Å². The quantitative estimate of drug-likeness (QED) is 0.312. The third kappa shape index (κ3) is 8.82. The lowest BCUT2D eigenvalue weighted by Gasteiger charge is -2.21. The standard InChI is InChI=1S/C31H40ClN5O4/c1-8-37-18-27(35-30(37)20(4)33-21(5)38)23-11-9-22(10-12-23)15-25(17-29(39)36(6)7)34-31(40)24-13-14-28(26(32)16-24)41-19(2)3/h9-14,16,18-20,25H,8,15,17H2,1-7H3,(H,33,38)(H,34,40)/t20-,25?/m1/s1. The number of aromatic nitrogens is 2. The molecule has 1 aromatic heterocycles. The molecular weight excluding hydrogens is 542 g/mol. The van der Waals surface area contributed by atoms with Gasteiger partial charge < -0.3 is 24.8 Å². The highest BCUT2D eigenvalue weighted by atomic mass is 35.5. The summed E-state index contributed by atoms with van der Waals surface area (Å²) in [5.41, 5.74) is 3.09. The van der Waals surface area contributed by atoms with Crippen LogP contribution in [0.4, 0.5) is 0 Å². The van der Waals surface area contributed by atoms with E-state index >= 15 is 0 Å². The fourth-order valence-electron chi connectivity index (χ4n) is 4.46. The Hall–Kier alpha value is -3.85. The predicted octanol–water partition coefficient (Wildman–Crippen LogP) is 5.03. The van der Waals surface area contributed by atoms with Gasteiger partial charge in [-0.3, -0.25) is 14.4 Å². The number of nitrogens with zero attached hydrogens (tertiary/aromatic N) is 3. The van der Waals surface area contributed by atoms with Crippen LogP contribution >= 0.6 is 11.6 Å². The third-order valence-electron chi connectivity index (χ3n) is 6.50. The number of carbonyl (C=O) groups is 3. The zero-order valence-electron chi connectivity index (χ0n) is 24.8. The topological polar surface area (TPSA) is 106 Å². The van der Waals surface area contributed by atoms with Crippen molar-refractivity contribution < 1.29 is 19.1 Å². The molecule has 10 heteroatoms. The summed E-state index contributed by atoms with van der Waals surface area (Å²) in [4.78, 5) is 43.5. The molecule has 2 aromatic carbocycles. The average Bonchev–Trinajstić information content (AvgIpc) is 3.34. The highest BCUT2D eigenvalue weighted by molar-refractivity contribution is 6.32. The molecule has 1 unspecified atom stereocenters. The SMILES string of the molecule is CCn1cc(-c2ccc(CC(CC(=O)N(C)C)NC(=O)c3ccc(OC(C)C)c(Cl)c3)cc2)nc1[C@@H](C)NC(C)=O. The number of imidazole rings is 1. The maximum Gasteiger partial charge on any atom is 0.251 e. The Morgan fingerprint density at radius 2 is 1.73 bits per heavy atom. The summed E-state index contributed by atoms with van der Waals surface area (Å²) in [6.45, 7) is 9.96. The van der Waals surface area contributed by atoms with Crippen LogP contribution in [0.25, 0.3) is 11.3 Å². The minimum atomic E-state index is -0.432. The lowest BCUT2D eigenvalue weighted by Crippen LogP contribution is -2.40. The van der Waals surface area contributed by atoms with E-state index in [-0.39, 0.29) is 36.3 Å². The van der Waals surface area contributed by atoms with E-state index in [1.165, 1.54) is 11.8 Å². The first-order chi connectivity index (χ1) is 19.4. The largest absolute Gasteiger partial charge is 0.489 e. The van der Waals surface area contributed by atoms with Gasteiger partial charge in [0.15, 0.2) is 0 Å². The van der Waals surface area contributed by atoms with Crippen LogP contribution < -0.4 is 15.4 Å². The van der Waals surface area contributed by atoms with Crippen LogP contribution in [0.3, 0.4) is 0 Å². The van der Waals surface area contributed by atoms with Crippen molar-refractivity contribution in [1.29, 1.82) is 0 Å². The first-order valence-electron chi connectivity index (χ1n) is 13.8. The third-order valence-corrected chi connectivity index (χ3v) is 6.79. The number of hydrogen-bond acceptors (Lipinski definition) is 5. The molecule has 0 spiro atoms. The van der Waals surface area contributed by atoms with E-state index in [1.807, 2.05) is 62.7 Å². The fraction of sp³-hybridized carbons (Fsp3) is 0.419. The molecule has 220 valence electrons. The van der Waals surface area contributed by atoms with Gasteiger partial charge in [0.2, 0.25) is 11.8 Å². The van der Waals surface area contributed by atoms with Gasteiger partial charge in [-0.2, -0.15) is 0 Å². The molecule has 0 aliphatic rings. The van der Waals surface area contributed by atoms with E-state index in [0.717, 1.165) is 29.2 Å². The van der Waals surface area contributed by atoms with Crippen molar-refractivity contribution in [1.82, 2.24) is 25.1 Å². The van der Waals surface area contributed by atoms with Crippen molar-refractivity contribution in [3.05, 3.63) is 70.6 Å². The van der Waals surface area contributed by atoms with Crippen LogP contribution in [0.5, 0.6) is 5.75 Å². The number of rotatable bonds is 12. The summed E-state index contributed by atoms with van der Waals surface area (Å²) in [7, 11) is 3.39. The number of aryl methyl sites for hydroxylation is 1. The molecule has 2 N–H and O–H groups in total. The first kappa shape index (κ1) is 31.7. The second-order valence-electron chi connectivity index (χ2n) is 10.6. The molecule has 0 radical (unpaired) electrons. The van der Waals surface area contributed by atoms with Crippen molar-refractivity contribution >= 4 is 29.3 Å². The predicted molar refractivity (Wildman–Crippen MR) is 161 cm³/mol. The molecule has 0 saturated carbocycles. The number of halogens is 1. The smallest absolute Gasteiger partial charge is 0.251 e. The van der Waals surface area contributed by atoms with E-state index in [9.17, 15) is 14.4 Å². The molecule has 3 amide bonds. The van der Waals surface area contributed by atoms with Crippen molar-refractivity contribution in [2.24, 2.45) is 0 Å².